The summed E-state index contributed by atoms with van der Waals surface area (Å²) in [5.41, 5.74) is 5.54. The normalized spacial score (nSPS) is 49.7. The van der Waals surface area contributed by atoms with Crippen LogP contribution in [0.2, 0.25) is 0 Å². The minimum atomic E-state index is -0.495. The average Bonchev–Trinajstić information content (AvgIpc) is 1.90. The van der Waals surface area contributed by atoms with Crippen LogP contribution in [-0.4, -0.2) is 25.9 Å². The van der Waals surface area contributed by atoms with E-state index in [9.17, 15) is 0 Å². The summed E-state index contributed by atoms with van der Waals surface area (Å²) < 4.78 is 15.1. The first-order valence-corrected chi connectivity index (χ1v) is 3.00. The lowest BCUT2D eigenvalue weighted by Gasteiger charge is -2.39. The third kappa shape index (κ3) is 0.840. The van der Waals surface area contributed by atoms with E-state index in [4.69, 9.17) is 19.9 Å². The second-order valence-corrected chi connectivity index (χ2v) is 2.32. The summed E-state index contributed by atoms with van der Waals surface area (Å²) in [5.74, 6) is 0.231. The molecule has 4 nitrogen and oxygen atoms in total. The molecule has 0 aromatic rings. The van der Waals surface area contributed by atoms with Crippen molar-refractivity contribution in [1.29, 1.82) is 0 Å². The predicted octanol–water partition coefficient (Wildman–Crippen LogP) is -0.752. The van der Waals surface area contributed by atoms with Crippen molar-refractivity contribution in [3.8, 4) is 0 Å². The zero-order valence-corrected chi connectivity index (χ0v) is 4.95. The molecule has 0 amide bonds. The second-order valence-electron chi connectivity index (χ2n) is 2.32. The van der Waals surface area contributed by atoms with Gasteiger partial charge >= 0.3 is 0 Å². The number of rotatable bonds is 0. The van der Waals surface area contributed by atoms with Gasteiger partial charge in [-0.1, -0.05) is 0 Å². The van der Waals surface area contributed by atoms with E-state index in [1.807, 2.05) is 0 Å². The van der Waals surface area contributed by atoms with Crippen LogP contribution in [0.5, 0.6) is 0 Å². The maximum absolute atomic E-state index is 5.54. The lowest BCUT2D eigenvalue weighted by Crippen LogP contribution is -2.53. The lowest BCUT2D eigenvalue weighted by atomic mass is 10.1. The minimum absolute atomic E-state index is 0.183. The Bertz CT molecular complexity index is 111. The summed E-state index contributed by atoms with van der Waals surface area (Å²) in [6.45, 7) is 0.850. The van der Waals surface area contributed by atoms with Gasteiger partial charge in [0.2, 0.25) is 0 Å². The molecule has 0 radical (unpaired) electrons. The van der Waals surface area contributed by atoms with E-state index in [1.165, 1.54) is 0 Å². The quantitative estimate of drug-likeness (QED) is 0.470. The van der Waals surface area contributed by atoms with Crippen LogP contribution >= 0.6 is 0 Å². The molecule has 3 aliphatic heterocycles. The molecule has 0 spiro atoms. The van der Waals surface area contributed by atoms with Crippen LogP contribution in [0.1, 0.15) is 0 Å². The Labute approximate surface area is 52.9 Å². The monoisotopic (exact) mass is 131 g/mol. The van der Waals surface area contributed by atoms with Gasteiger partial charge in [0.05, 0.1) is 13.2 Å². The van der Waals surface area contributed by atoms with Gasteiger partial charge < -0.3 is 19.9 Å². The topological polar surface area (TPSA) is 53.7 Å². The largest absolute Gasteiger partial charge is 0.329 e. The highest BCUT2D eigenvalue weighted by atomic mass is 16.9. The summed E-state index contributed by atoms with van der Waals surface area (Å²) in [5, 5.41) is 0. The van der Waals surface area contributed by atoms with Gasteiger partial charge in [0.15, 0.2) is 0 Å². The van der Waals surface area contributed by atoms with Crippen molar-refractivity contribution in [2.75, 3.05) is 13.2 Å². The molecule has 1 unspecified atom stereocenters. The van der Waals surface area contributed by atoms with E-state index in [2.05, 4.69) is 0 Å². The SMILES string of the molecule is NC1OC2OCC1CO2. The number of hydrogen-bond acceptors (Lipinski definition) is 4. The first-order chi connectivity index (χ1) is 4.36. The molecular weight excluding hydrogens is 122 g/mol. The molecule has 3 aliphatic rings. The van der Waals surface area contributed by atoms with Crippen LogP contribution in [0.25, 0.3) is 0 Å². The number of ether oxygens (including phenoxy) is 3. The molecule has 0 aliphatic carbocycles. The highest BCUT2D eigenvalue weighted by Crippen LogP contribution is 2.22. The Balaban J connectivity index is 2.06. The van der Waals surface area contributed by atoms with Crippen molar-refractivity contribution < 1.29 is 14.2 Å². The van der Waals surface area contributed by atoms with Gasteiger partial charge in [-0.3, -0.25) is 0 Å². The Hall–Kier alpha value is -0.160. The summed E-state index contributed by atoms with van der Waals surface area (Å²) in [6, 6.07) is 0. The van der Waals surface area contributed by atoms with Gasteiger partial charge in [-0.05, 0) is 0 Å². The van der Waals surface area contributed by atoms with Gasteiger partial charge in [0.25, 0.3) is 6.48 Å². The first kappa shape index (κ1) is 5.61. The van der Waals surface area contributed by atoms with E-state index in [1.54, 1.807) is 0 Å². The Kier molecular flexibility index (Phi) is 1.19. The minimum Gasteiger partial charge on any atom is -0.329 e. The fourth-order valence-electron chi connectivity index (χ4n) is 1.01. The van der Waals surface area contributed by atoms with Crippen molar-refractivity contribution in [2.45, 2.75) is 12.7 Å². The van der Waals surface area contributed by atoms with Gasteiger partial charge in [0.1, 0.15) is 6.23 Å². The van der Waals surface area contributed by atoms with E-state index < -0.39 is 6.48 Å². The standard InChI is InChI=1S/C5H9NO3/c6-4-3-1-7-5(9-4)8-2-3/h3-5H,1-2,6H2. The first-order valence-electron chi connectivity index (χ1n) is 3.00. The van der Waals surface area contributed by atoms with Crippen LogP contribution in [0, 0.1) is 5.92 Å². The fraction of sp³-hybridized carbons (Fsp3) is 1.00. The van der Waals surface area contributed by atoms with E-state index >= 15 is 0 Å². The zero-order chi connectivity index (χ0) is 6.27. The lowest BCUT2D eigenvalue weighted by molar-refractivity contribution is -0.391. The molecule has 3 rings (SSSR count). The summed E-state index contributed by atoms with van der Waals surface area (Å²) >= 11 is 0. The molecule has 1 atom stereocenters. The van der Waals surface area contributed by atoms with Crippen molar-refractivity contribution >= 4 is 0 Å². The molecule has 0 aromatic heterocycles. The summed E-state index contributed by atoms with van der Waals surface area (Å²) in [6.07, 6.45) is -0.183. The number of fused-ring (bicyclic) bond motifs is 3. The van der Waals surface area contributed by atoms with Crippen LogP contribution in [0.4, 0.5) is 0 Å². The molecule has 9 heavy (non-hydrogen) atoms. The third-order valence-electron chi connectivity index (χ3n) is 1.63. The molecular formula is C5H9NO3. The average molecular weight is 131 g/mol. The Morgan fingerprint density at radius 1 is 1.22 bits per heavy atom. The highest BCUT2D eigenvalue weighted by Gasteiger charge is 2.35. The van der Waals surface area contributed by atoms with Crippen LogP contribution in [-0.2, 0) is 14.2 Å². The van der Waals surface area contributed by atoms with Crippen molar-refractivity contribution in [2.24, 2.45) is 11.7 Å². The van der Waals surface area contributed by atoms with Crippen LogP contribution in [0.3, 0.4) is 0 Å². The van der Waals surface area contributed by atoms with E-state index in [0.29, 0.717) is 13.2 Å². The van der Waals surface area contributed by atoms with Gasteiger partial charge in [-0.25, -0.2) is 0 Å². The van der Waals surface area contributed by atoms with Crippen molar-refractivity contribution in [3.63, 3.8) is 0 Å². The van der Waals surface area contributed by atoms with E-state index in [0.717, 1.165) is 0 Å². The molecule has 4 heteroatoms. The third-order valence-corrected chi connectivity index (χ3v) is 1.63. The molecule has 52 valence electrons. The van der Waals surface area contributed by atoms with Gasteiger partial charge in [0, 0.05) is 5.92 Å². The molecule has 0 aromatic carbocycles. The molecule has 2 bridgehead atoms. The summed E-state index contributed by atoms with van der Waals surface area (Å²) in [7, 11) is 0. The maximum atomic E-state index is 5.54. The van der Waals surface area contributed by atoms with Gasteiger partial charge in [-0.2, -0.15) is 0 Å². The Morgan fingerprint density at radius 2 is 1.89 bits per heavy atom. The number of nitrogens with two attached hydrogens (primary N) is 1. The maximum Gasteiger partial charge on any atom is 0.273 e. The number of hydrogen-bond donors (Lipinski definition) is 1. The molecule has 2 N–H and O–H groups in total. The molecule has 0 saturated carbocycles. The van der Waals surface area contributed by atoms with Crippen molar-refractivity contribution in [1.82, 2.24) is 0 Å². The van der Waals surface area contributed by atoms with Gasteiger partial charge in [-0.15, -0.1) is 0 Å². The zero-order valence-electron chi connectivity index (χ0n) is 4.95. The molecule has 3 fully saturated rings. The highest BCUT2D eigenvalue weighted by molar-refractivity contribution is 4.71. The summed E-state index contributed by atoms with van der Waals surface area (Å²) in [4.78, 5) is 0. The predicted molar refractivity (Wildman–Crippen MR) is 28.2 cm³/mol. The Morgan fingerprint density at radius 3 is 2.11 bits per heavy atom. The van der Waals surface area contributed by atoms with Crippen LogP contribution < -0.4 is 5.73 Å². The molecule has 3 saturated heterocycles. The fourth-order valence-corrected chi connectivity index (χ4v) is 1.01. The van der Waals surface area contributed by atoms with E-state index in [-0.39, 0.29) is 12.1 Å². The second kappa shape index (κ2) is 1.91. The smallest absolute Gasteiger partial charge is 0.273 e. The van der Waals surface area contributed by atoms with Crippen LogP contribution in [0.15, 0.2) is 0 Å². The van der Waals surface area contributed by atoms with Crippen molar-refractivity contribution in [3.05, 3.63) is 0 Å². The molecule has 3 heterocycles.